The maximum absolute atomic E-state index is 4.35. The van der Waals surface area contributed by atoms with E-state index >= 15 is 0 Å². The van der Waals surface area contributed by atoms with Gasteiger partial charge in [0.25, 0.3) is 0 Å². The van der Waals surface area contributed by atoms with Crippen LogP contribution in [0.3, 0.4) is 0 Å². The van der Waals surface area contributed by atoms with Crippen LogP contribution in [0.15, 0.2) is 10.9 Å². The summed E-state index contributed by atoms with van der Waals surface area (Å²) < 4.78 is 0. The van der Waals surface area contributed by atoms with Crippen molar-refractivity contribution in [2.45, 2.75) is 12.6 Å². The van der Waals surface area contributed by atoms with E-state index < -0.39 is 0 Å². The van der Waals surface area contributed by atoms with Gasteiger partial charge in [-0.3, -0.25) is 9.80 Å². The summed E-state index contributed by atoms with van der Waals surface area (Å²) in [5.41, 5.74) is 3.15. The molecule has 3 rings (SSSR count). The molecule has 3 heterocycles. The topological polar surface area (TPSA) is 31.4 Å². The Bertz CT molecular complexity index is 315. The van der Waals surface area contributed by atoms with Crippen LogP contribution in [0.5, 0.6) is 0 Å². The Balaban J connectivity index is 1.47. The van der Waals surface area contributed by atoms with E-state index in [1.807, 2.05) is 5.51 Å². The summed E-state index contributed by atoms with van der Waals surface area (Å²) in [7, 11) is 0. The van der Waals surface area contributed by atoms with Crippen LogP contribution in [-0.2, 0) is 6.54 Å². The molecular formula is C11H18N4S. The van der Waals surface area contributed by atoms with Crippen molar-refractivity contribution >= 4 is 11.3 Å². The van der Waals surface area contributed by atoms with Crippen molar-refractivity contribution in [3.8, 4) is 0 Å². The van der Waals surface area contributed by atoms with Crippen LogP contribution >= 0.6 is 11.3 Å². The number of nitrogens with one attached hydrogen (secondary N) is 1. The van der Waals surface area contributed by atoms with Crippen molar-refractivity contribution < 1.29 is 0 Å². The monoisotopic (exact) mass is 238 g/mol. The molecule has 88 valence electrons. The van der Waals surface area contributed by atoms with Crippen LogP contribution in [0.1, 0.15) is 5.69 Å². The maximum Gasteiger partial charge on any atom is 0.0795 e. The van der Waals surface area contributed by atoms with Crippen molar-refractivity contribution in [2.75, 3.05) is 39.3 Å². The highest BCUT2D eigenvalue weighted by Gasteiger charge is 2.27. The van der Waals surface area contributed by atoms with Gasteiger partial charge in [0.1, 0.15) is 0 Å². The van der Waals surface area contributed by atoms with Gasteiger partial charge in [-0.2, -0.15) is 0 Å². The lowest BCUT2D eigenvalue weighted by Crippen LogP contribution is -2.61. The third-order valence-electron chi connectivity index (χ3n) is 3.55. The minimum absolute atomic E-state index is 0.807. The Morgan fingerprint density at radius 3 is 2.69 bits per heavy atom. The molecule has 1 aromatic heterocycles. The van der Waals surface area contributed by atoms with Crippen LogP contribution in [0.25, 0.3) is 0 Å². The highest BCUT2D eigenvalue weighted by Crippen LogP contribution is 2.12. The molecule has 2 fully saturated rings. The number of nitrogens with zero attached hydrogens (tertiary/aromatic N) is 3. The lowest BCUT2D eigenvalue weighted by atomic mass is 10.1. The minimum atomic E-state index is 0.807. The van der Waals surface area contributed by atoms with Crippen LogP contribution in [-0.4, -0.2) is 60.1 Å². The Hall–Kier alpha value is -0.490. The molecule has 0 spiro atoms. The van der Waals surface area contributed by atoms with Crippen LogP contribution in [0.2, 0.25) is 0 Å². The summed E-state index contributed by atoms with van der Waals surface area (Å²) in [5.74, 6) is 0. The Morgan fingerprint density at radius 1 is 1.31 bits per heavy atom. The van der Waals surface area contributed by atoms with Crippen molar-refractivity contribution in [3.63, 3.8) is 0 Å². The quantitative estimate of drug-likeness (QED) is 0.817. The number of piperazine rings is 1. The van der Waals surface area contributed by atoms with Gasteiger partial charge in [0.15, 0.2) is 0 Å². The molecule has 2 aliphatic rings. The first-order valence-electron chi connectivity index (χ1n) is 5.96. The average molecular weight is 238 g/mol. The van der Waals surface area contributed by atoms with Gasteiger partial charge in [-0.15, -0.1) is 11.3 Å². The maximum atomic E-state index is 4.35. The van der Waals surface area contributed by atoms with Gasteiger partial charge >= 0.3 is 0 Å². The smallest absolute Gasteiger partial charge is 0.0795 e. The summed E-state index contributed by atoms with van der Waals surface area (Å²) in [4.78, 5) is 9.48. The first-order chi connectivity index (χ1) is 7.92. The largest absolute Gasteiger partial charge is 0.314 e. The average Bonchev–Trinajstić information content (AvgIpc) is 2.71. The molecule has 1 N–H and O–H groups in total. The Labute approximate surface area is 100 Å². The molecule has 1 aromatic rings. The van der Waals surface area contributed by atoms with E-state index in [-0.39, 0.29) is 0 Å². The zero-order valence-corrected chi connectivity index (χ0v) is 10.2. The van der Waals surface area contributed by atoms with E-state index in [4.69, 9.17) is 0 Å². The Kier molecular flexibility index (Phi) is 3.19. The number of aromatic nitrogens is 1. The molecule has 4 nitrogen and oxygen atoms in total. The van der Waals surface area contributed by atoms with Crippen molar-refractivity contribution in [2.24, 2.45) is 0 Å². The molecule has 0 saturated carbocycles. The van der Waals surface area contributed by atoms with E-state index in [9.17, 15) is 0 Å². The number of thiazole rings is 1. The standard InChI is InChI=1S/C11H18N4S/c1-3-15(11-5-12-6-11)4-2-14(1)7-10-8-16-9-13-10/h8-9,11-12H,1-7H2. The molecule has 2 saturated heterocycles. The van der Waals surface area contributed by atoms with Crippen LogP contribution < -0.4 is 5.32 Å². The van der Waals surface area contributed by atoms with Gasteiger partial charge in [0.2, 0.25) is 0 Å². The molecule has 5 heteroatoms. The van der Waals surface area contributed by atoms with Gasteiger partial charge in [-0.1, -0.05) is 0 Å². The predicted molar refractivity (Wildman–Crippen MR) is 65.6 cm³/mol. The molecule has 0 atom stereocenters. The third-order valence-corrected chi connectivity index (χ3v) is 4.19. The lowest BCUT2D eigenvalue weighted by molar-refractivity contribution is 0.0691. The second kappa shape index (κ2) is 4.79. The summed E-state index contributed by atoms with van der Waals surface area (Å²) >= 11 is 1.69. The van der Waals surface area contributed by atoms with Gasteiger partial charge in [-0.25, -0.2) is 4.98 Å². The van der Waals surface area contributed by atoms with E-state index in [1.54, 1.807) is 11.3 Å². The van der Waals surface area contributed by atoms with Crippen molar-refractivity contribution in [3.05, 3.63) is 16.6 Å². The molecule has 0 amide bonds. The number of rotatable bonds is 3. The summed E-state index contributed by atoms with van der Waals surface area (Å²) in [5, 5.41) is 5.50. The number of hydrogen-bond donors (Lipinski definition) is 1. The van der Waals surface area contributed by atoms with Gasteiger partial charge in [0.05, 0.1) is 11.2 Å². The normalized spacial score (nSPS) is 24.5. The zero-order valence-electron chi connectivity index (χ0n) is 9.43. The molecular weight excluding hydrogens is 220 g/mol. The Morgan fingerprint density at radius 2 is 2.12 bits per heavy atom. The van der Waals surface area contributed by atoms with Gasteiger partial charge in [0, 0.05) is 57.2 Å². The van der Waals surface area contributed by atoms with Gasteiger partial charge in [-0.05, 0) is 0 Å². The van der Waals surface area contributed by atoms with E-state index in [1.165, 1.54) is 45.0 Å². The second-order valence-corrected chi connectivity index (χ2v) is 5.32. The van der Waals surface area contributed by atoms with Crippen molar-refractivity contribution in [1.82, 2.24) is 20.1 Å². The van der Waals surface area contributed by atoms with Crippen molar-refractivity contribution in [1.29, 1.82) is 0 Å². The highest BCUT2D eigenvalue weighted by atomic mass is 32.1. The lowest BCUT2D eigenvalue weighted by Gasteiger charge is -2.43. The first kappa shape index (κ1) is 10.7. The summed E-state index contributed by atoms with van der Waals surface area (Å²) in [6.45, 7) is 8.22. The van der Waals surface area contributed by atoms with Gasteiger partial charge < -0.3 is 5.32 Å². The predicted octanol–water partition coefficient (Wildman–Crippen LogP) is 0.233. The van der Waals surface area contributed by atoms with E-state index in [2.05, 4.69) is 25.5 Å². The molecule has 0 radical (unpaired) electrons. The fourth-order valence-corrected chi connectivity index (χ4v) is 2.91. The molecule has 0 aromatic carbocycles. The fourth-order valence-electron chi connectivity index (χ4n) is 2.36. The zero-order chi connectivity index (χ0) is 10.8. The second-order valence-electron chi connectivity index (χ2n) is 4.60. The number of hydrogen-bond acceptors (Lipinski definition) is 5. The fraction of sp³-hybridized carbons (Fsp3) is 0.727. The van der Waals surface area contributed by atoms with Crippen LogP contribution in [0.4, 0.5) is 0 Å². The molecule has 0 unspecified atom stereocenters. The highest BCUT2D eigenvalue weighted by molar-refractivity contribution is 7.07. The first-order valence-corrected chi connectivity index (χ1v) is 6.90. The molecule has 2 aliphatic heterocycles. The minimum Gasteiger partial charge on any atom is -0.314 e. The van der Waals surface area contributed by atoms with E-state index in [0.29, 0.717) is 0 Å². The summed E-state index contributed by atoms with van der Waals surface area (Å²) in [6, 6.07) is 0.807. The summed E-state index contributed by atoms with van der Waals surface area (Å²) in [6.07, 6.45) is 0. The molecule has 16 heavy (non-hydrogen) atoms. The molecule has 0 aliphatic carbocycles. The SMILES string of the molecule is c1nc(CN2CCN(C3CNC3)CC2)cs1. The molecule has 0 bridgehead atoms. The van der Waals surface area contributed by atoms with E-state index in [0.717, 1.165) is 12.6 Å². The van der Waals surface area contributed by atoms with Crippen LogP contribution in [0, 0.1) is 0 Å². The third kappa shape index (κ3) is 2.27.